The van der Waals surface area contributed by atoms with Gasteiger partial charge in [-0.05, 0) is 31.7 Å². The maximum Gasteiger partial charge on any atom is 0.263 e. The van der Waals surface area contributed by atoms with Gasteiger partial charge in [0.1, 0.15) is 5.51 Å². The Morgan fingerprint density at radius 1 is 1.37 bits per heavy atom. The molecule has 0 aliphatic rings. The van der Waals surface area contributed by atoms with Gasteiger partial charge in [0.2, 0.25) is 5.13 Å². The molecule has 2 aromatic rings. The van der Waals surface area contributed by atoms with Crippen molar-refractivity contribution in [2.45, 2.75) is 17.9 Å². The molecule has 0 radical (unpaired) electrons. The third-order valence-electron chi connectivity index (χ3n) is 2.68. The molecule has 1 heterocycles. The van der Waals surface area contributed by atoms with Gasteiger partial charge in [0.15, 0.2) is 0 Å². The van der Waals surface area contributed by atoms with Crippen molar-refractivity contribution in [2.24, 2.45) is 0 Å². The van der Waals surface area contributed by atoms with E-state index in [4.69, 9.17) is 0 Å². The quantitative estimate of drug-likeness (QED) is 0.876. The predicted molar refractivity (Wildman–Crippen MR) is 74.6 cm³/mol. The fourth-order valence-electron chi connectivity index (χ4n) is 1.51. The zero-order valence-corrected chi connectivity index (χ0v) is 12.1. The van der Waals surface area contributed by atoms with Crippen LogP contribution in [0.3, 0.4) is 0 Å². The Hall–Kier alpha value is -1.51. The summed E-state index contributed by atoms with van der Waals surface area (Å²) in [6.07, 6.45) is 0. The average Bonchev–Trinajstić information content (AvgIpc) is 2.90. The zero-order valence-electron chi connectivity index (χ0n) is 10.5. The topological polar surface area (TPSA) is 84.0 Å². The van der Waals surface area contributed by atoms with Gasteiger partial charge in [-0.25, -0.2) is 8.42 Å². The molecule has 0 saturated carbocycles. The molecule has 0 aliphatic heterocycles. The Kier molecular flexibility index (Phi) is 4.13. The van der Waals surface area contributed by atoms with Crippen LogP contribution >= 0.6 is 11.3 Å². The first-order valence-electron chi connectivity index (χ1n) is 5.59. The lowest BCUT2D eigenvalue weighted by Gasteiger charge is -2.12. The highest BCUT2D eigenvalue weighted by Crippen LogP contribution is 2.20. The molecule has 1 aromatic carbocycles. The fraction of sp³-hybridized carbons (Fsp3) is 0.273. The second-order valence-corrected chi connectivity index (χ2v) is 6.45. The molecule has 0 fully saturated rings. The minimum Gasteiger partial charge on any atom is -0.313 e. The highest BCUT2D eigenvalue weighted by molar-refractivity contribution is 7.93. The normalized spacial score (nSPS) is 13.2. The van der Waals surface area contributed by atoms with E-state index in [1.54, 1.807) is 18.2 Å². The molecule has 0 aliphatic carbocycles. The van der Waals surface area contributed by atoms with Crippen molar-refractivity contribution in [3.8, 4) is 0 Å². The van der Waals surface area contributed by atoms with E-state index in [0.717, 1.165) is 16.9 Å². The lowest BCUT2D eigenvalue weighted by molar-refractivity contribution is 0.600. The van der Waals surface area contributed by atoms with E-state index in [0.29, 0.717) is 0 Å². The minimum absolute atomic E-state index is 0.0803. The number of hydrogen-bond acceptors (Lipinski definition) is 6. The largest absolute Gasteiger partial charge is 0.313 e. The number of nitrogens with zero attached hydrogens (tertiary/aromatic N) is 2. The second-order valence-electron chi connectivity index (χ2n) is 3.93. The van der Waals surface area contributed by atoms with Gasteiger partial charge in [-0.2, -0.15) is 0 Å². The molecule has 2 N–H and O–H groups in total. The Morgan fingerprint density at radius 2 is 2.16 bits per heavy atom. The van der Waals surface area contributed by atoms with Crippen LogP contribution in [0.15, 0.2) is 34.7 Å². The van der Waals surface area contributed by atoms with Crippen LogP contribution in [0.25, 0.3) is 0 Å². The smallest absolute Gasteiger partial charge is 0.263 e. The van der Waals surface area contributed by atoms with Gasteiger partial charge in [0.25, 0.3) is 10.0 Å². The number of hydrogen-bond donors (Lipinski definition) is 2. The van der Waals surface area contributed by atoms with Crippen molar-refractivity contribution in [1.29, 1.82) is 0 Å². The zero-order chi connectivity index (χ0) is 13.9. The standard InChI is InChI=1S/C11H14N4O2S2/c1-8(12-2)9-4-3-5-10(6-9)19(16,17)15-11-14-13-7-18-11/h3-8,12H,1-2H3,(H,14,15). The first-order chi connectivity index (χ1) is 9.03. The predicted octanol–water partition coefficient (Wildman–Crippen LogP) is 1.62. The molecule has 0 spiro atoms. The summed E-state index contributed by atoms with van der Waals surface area (Å²) in [4.78, 5) is 0.210. The number of nitrogens with one attached hydrogen (secondary N) is 2. The fourth-order valence-corrected chi connectivity index (χ4v) is 3.26. The van der Waals surface area contributed by atoms with Gasteiger partial charge in [0, 0.05) is 6.04 Å². The van der Waals surface area contributed by atoms with E-state index in [2.05, 4.69) is 20.2 Å². The highest BCUT2D eigenvalue weighted by atomic mass is 32.2. The summed E-state index contributed by atoms with van der Waals surface area (Å²) in [5.74, 6) is 0. The first-order valence-corrected chi connectivity index (χ1v) is 7.95. The summed E-state index contributed by atoms with van der Waals surface area (Å²) in [5.41, 5.74) is 2.37. The van der Waals surface area contributed by atoms with Crippen LogP contribution in [0.2, 0.25) is 0 Å². The maximum absolute atomic E-state index is 12.2. The van der Waals surface area contributed by atoms with Crippen molar-refractivity contribution >= 4 is 26.5 Å². The average molecular weight is 298 g/mol. The molecule has 19 heavy (non-hydrogen) atoms. The first kappa shape index (κ1) is 13.9. The van der Waals surface area contributed by atoms with Crippen LogP contribution in [-0.2, 0) is 10.0 Å². The van der Waals surface area contributed by atoms with Gasteiger partial charge >= 0.3 is 0 Å². The van der Waals surface area contributed by atoms with E-state index in [9.17, 15) is 8.42 Å². The number of anilines is 1. The molecule has 8 heteroatoms. The van der Waals surface area contributed by atoms with E-state index in [1.165, 1.54) is 5.51 Å². The van der Waals surface area contributed by atoms with E-state index >= 15 is 0 Å². The van der Waals surface area contributed by atoms with Crippen molar-refractivity contribution in [1.82, 2.24) is 15.5 Å². The maximum atomic E-state index is 12.2. The molecule has 1 atom stereocenters. The Balaban J connectivity index is 2.30. The Labute approximate surface area is 115 Å². The van der Waals surface area contributed by atoms with Crippen molar-refractivity contribution in [3.63, 3.8) is 0 Å². The molecule has 1 unspecified atom stereocenters. The van der Waals surface area contributed by atoms with E-state index in [1.807, 2.05) is 20.0 Å². The summed E-state index contributed by atoms with van der Waals surface area (Å²) in [6, 6.07) is 6.87. The van der Waals surface area contributed by atoms with Gasteiger partial charge in [0.05, 0.1) is 4.90 Å². The minimum atomic E-state index is -3.62. The van der Waals surface area contributed by atoms with Crippen LogP contribution in [0.5, 0.6) is 0 Å². The summed E-state index contributed by atoms with van der Waals surface area (Å²) < 4.78 is 26.7. The summed E-state index contributed by atoms with van der Waals surface area (Å²) >= 11 is 1.13. The summed E-state index contributed by atoms with van der Waals surface area (Å²) in [6.45, 7) is 1.96. The molecule has 2 rings (SSSR count). The van der Waals surface area contributed by atoms with E-state index < -0.39 is 10.0 Å². The van der Waals surface area contributed by atoms with Crippen LogP contribution in [0.1, 0.15) is 18.5 Å². The third kappa shape index (κ3) is 3.28. The Bertz CT molecular complexity index is 640. The summed E-state index contributed by atoms with van der Waals surface area (Å²) in [7, 11) is -1.79. The highest BCUT2D eigenvalue weighted by Gasteiger charge is 2.17. The van der Waals surface area contributed by atoms with Crippen LogP contribution in [0.4, 0.5) is 5.13 Å². The lowest BCUT2D eigenvalue weighted by atomic mass is 10.1. The van der Waals surface area contributed by atoms with Crippen molar-refractivity contribution < 1.29 is 8.42 Å². The number of aromatic nitrogens is 2. The third-order valence-corrected chi connectivity index (χ3v) is 4.76. The molecule has 102 valence electrons. The molecular weight excluding hydrogens is 284 g/mol. The monoisotopic (exact) mass is 298 g/mol. The van der Waals surface area contributed by atoms with Crippen molar-refractivity contribution in [2.75, 3.05) is 11.8 Å². The number of benzene rings is 1. The molecule has 6 nitrogen and oxygen atoms in total. The van der Waals surface area contributed by atoms with E-state index in [-0.39, 0.29) is 16.1 Å². The Morgan fingerprint density at radius 3 is 2.79 bits per heavy atom. The van der Waals surface area contributed by atoms with Gasteiger partial charge in [-0.3, -0.25) is 4.72 Å². The lowest BCUT2D eigenvalue weighted by Crippen LogP contribution is -2.15. The van der Waals surface area contributed by atoms with Crippen LogP contribution < -0.4 is 10.0 Å². The van der Waals surface area contributed by atoms with Crippen molar-refractivity contribution in [3.05, 3.63) is 35.3 Å². The van der Waals surface area contributed by atoms with Crippen LogP contribution in [-0.4, -0.2) is 25.7 Å². The molecular formula is C11H14N4O2S2. The second kappa shape index (κ2) is 5.64. The molecule has 0 bridgehead atoms. The molecule has 0 amide bonds. The SMILES string of the molecule is CNC(C)c1cccc(S(=O)(=O)Nc2nncs2)c1. The van der Waals surface area contributed by atoms with Gasteiger partial charge in [-0.1, -0.05) is 23.5 Å². The van der Waals surface area contributed by atoms with Crippen LogP contribution in [0, 0.1) is 0 Å². The molecule has 1 aromatic heterocycles. The molecule has 0 saturated heterocycles. The van der Waals surface area contributed by atoms with Gasteiger partial charge < -0.3 is 5.32 Å². The number of rotatable bonds is 5. The number of sulfonamides is 1. The summed E-state index contributed by atoms with van der Waals surface area (Å²) in [5, 5.41) is 10.6. The van der Waals surface area contributed by atoms with Gasteiger partial charge in [-0.15, -0.1) is 10.2 Å².